The summed E-state index contributed by atoms with van der Waals surface area (Å²) in [6.07, 6.45) is 1.62. The first-order chi connectivity index (χ1) is 7.79. The van der Waals surface area contributed by atoms with Crippen LogP contribution < -0.4 is 5.32 Å². The minimum absolute atomic E-state index is 0. The number of hydrogen-bond donors (Lipinski definition) is 1. The van der Waals surface area contributed by atoms with Crippen molar-refractivity contribution in [2.24, 2.45) is 0 Å². The third-order valence-corrected chi connectivity index (χ3v) is 3.36. The van der Waals surface area contributed by atoms with Gasteiger partial charge in [0.2, 0.25) is 0 Å². The predicted octanol–water partition coefficient (Wildman–Crippen LogP) is 1.90. The van der Waals surface area contributed by atoms with Gasteiger partial charge in [0, 0.05) is 0 Å². The van der Waals surface area contributed by atoms with Crippen molar-refractivity contribution < 1.29 is 9.53 Å². The number of ether oxygens (including phenoxy) is 1. The maximum Gasteiger partial charge on any atom is 0.316 e. The van der Waals surface area contributed by atoms with E-state index in [9.17, 15) is 4.79 Å². The summed E-state index contributed by atoms with van der Waals surface area (Å²) in [5.41, 5.74) is 0.629. The van der Waals surface area contributed by atoms with Crippen LogP contribution in [-0.4, -0.2) is 26.2 Å². The Kier molecular flexibility index (Phi) is 4.97. The first-order valence-electron chi connectivity index (χ1n) is 5.64. The number of piperidine rings is 1. The highest BCUT2D eigenvalue weighted by Crippen LogP contribution is 2.34. The highest BCUT2D eigenvalue weighted by Gasteiger charge is 2.42. The summed E-state index contributed by atoms with van der Waals surface area (Å²) in [4.78, 5) is 12.0. The Balaban J connectivity index is 0.00000144. The number of hydrogen-bond acceptors (Lipinski definition) is 3. The maximum absolute atomic E-state index is 12.0. The van der Waals surface area contributed by atoms with Crippen LogP contribution >= 0.6 is 12.4 Å². The van der Waals surface area contributed by atoms with Gasteiger partial charge in [-0.2, -0.15) is 0 Å². The van der Waals surface area contributed by atoms with Crippen LogP contribution in [0, 0.1) is 0 Å². The molecule has 1 fully saturated rings. The fourth-order valence-corrected chi connectivity index (χ4v) is 2.42. The Labute approximate surface area is 108 Å². The molecule has 0 saturated carbocycles. The van der Waals surface area contributed by atoms with Gasteiger partial charge in [-0.3, -0.25) is 4.79 Å². The summed E-state index contributed by atoms with van der Waals surface area (Å²) in [6.45, 7) is 1.73. The van der Waals surface area contributed by atoms with Crippen LogP contribution in [-0.2, 0) is 14.9 Å². The Bertz CT molecular complexity index is 361. The van der Waals surface area contributed by atoms with E-state index >= 15 is 0 Å². The number of halogens is 1. The van der Waals surface area contributed by atoms with E-state index in [1.54, 1.807) is 0 Å². The molecule has 0 atom stereocenters. The van der Waals surface area contributed by atoms with E-state index in [1.165, 1.54) is 7.11 Å². The second kappa shape index (κ2) is 6.03. The molecule has 0 spiro atoms. The van der Waals surface area contributed by atoms with Gasteiger partial charge < -0.3 is 10.1 Å². The number of rotatable bonds is 2. The average molecular weight is 256 g/mol. The SMILES string of the molecule is COC(=O)C1(c2ccccc2)CCNCC1.Cl. The van der Waals surface area contributed by atoms with Gasteiger partial charge in [0.15, 0.2) is 0 Å². The van der Waals surface area contributed by atoms with Crippen molar-refractivity contribution in [3.05, 3.63) is 35.9 Å². The highest BCUT2D eigenvalue weighted by atomic mass is 35.5. The van der Waals surface area contributed by atoms with Crippen molar-refractivity contribution >= 4 is 18.4 Å². The highest BCUT2D eigenvalue weighted by molar-refractivity contribution is 5.85. The van der Waals surface area contributed by atoms with E-state index in [2.05, 4.69) is 5.32 Å². The zero-order chi connectivity index (χ0) is 11.4. The van der Waals surface area contributed by atoms with Crippen LogP contribution in [0.2, 0.25) is 0 Å². The first-order valence-corrected chi connectivity index (χ1v) is 5.64. The number of methoxy groups -OCH3 is 1. The van der Waals surface area contributed by atoms with E-state index in [0.717, 1.165) is 31.5 Å². The molecule has 1 saturated heterocycles. The van der Waals surface area contributed by atoms with Gasteiger partial charge >= 0.3 is 5.97 Å². The monoisotopic (exact) mass is 255 g/mol. The topological polar surface area (TPSA) is 38.3 Å². The van der Waals surface area contributed by atoms with Crippen LogP contribution in [0.5, 0.6) is 0 Å². The van der Waals surface area contributed by atoms with E-state index in [0.29, 0.717) is 0 Å². The number of nitrogens with one attached hydrogen (secondary N) is 1. The lowest BCUT2D eigenvalue weighted by atomic mass is 9.73. The summed E-state index contributed by atoms with van der Waals surface area (Å²) in [5.74, 6) is -0.111. The normalized spacial score (nSPS) is 17.9. The van der Waals surface area contributed by atoms with Crippen LogP contribution in [0.1, 0.15) is 18.4 Å². The minimum atomic E-state index is -0.443. The molecular weight excluding hydrogens is 238 g/mol. The lowest BCUT2D eigenvalue weighted by Gasteiger charge is -2.35. The maximum atomic E-state index is 12.0. The van der Waals surface area contributed by atoms with Crippen molar-refractivity contribution in [1.82, 2.24) is 5.32 Å². The average Bonchev–Trinajstić information content (AvgIpc) is 2.39. The third kappa shape index (κ3) is 2.61. The molecule has 1 aliphatic heterocycles. The van der Waals surface area contributed by atoms with Crippen molar-refractivity contribution in [1.29, 1.82) is 0 Å². The zero-order valence-electron chi connectivity index (χ0n) is 9.94. The number of benzene rings is 1. The lowest BCUT2D eigenvalue weighted by Crippen LogP contribution is -2.46. The minimum Gasteiger partial charge on any atom is -0.468 e. The van der Waals surface area contributed by atoms with E-state index < -0.39 is 5.41 Å². The molecule has 3 nitrogen and oxygen atoms in total. The van der Waals surface area contributed by atoms with Crippen LogP contribution in [0.4, 0.5) is 0 Å². The zero-order valence-corrected chi connectivity index (χ0v) is 10.8. The summed E-state index contributed by atoms with van der Waals surface area (Å²) in [7, 11) is 1.47. The molecule has 1 aromatic rings. The molecule has 1 N–H and O–H groups in total. The van der Waals surface area contributed by atoms with Crippen molar-refractivity contribution in [2.75, 3.05) is 20.2 Å². The van der Waals surface area contributed by atoms with Crippen molar-refractivity contribution in [3.8, 4) is 0 Å². The fourth-order valence-electron chi connectivity index (χ4n) is 2.42. The Hall–Kier alpha value is -1.06. The molecule has 1 aromatic carbocycles. The summed E-state index contributed by atoms with van der Waals surface area (Å²) < 4.78 is 4.98. The molecule has 0 aromatic heterocycles. The number of carbonyl (C=O) groups is 1. The summed E-state index contributed by atoms with van der Waals surface area (Å²) in [6, 6.07) is 9.95. The largest absolute Gasteiger partial charge is 0.468 e. The number of esters is 1. The quantitative estimate of drug-likeness (QED) is 0.821. The second-order valence-corrected chi connectivity index (χ2v) is 4.19. The van der Waals surface area contributed by atoms with Gasteiger partial charge in [0.25, 0.3) is 0 Å². The molecule has 0 bridgehead atoms. The van der Waals surface area contributed by atoms with Crippen LogP contribution in [0.3, 0.4) is 0 Å². The van der Waals surface area contributed by atoms with Gasteiger partial charge in [-0.25, -0.2) is 0 Å². The molecule has 0 radical (unpaired) electrons. The van der Waals surface area contributed by atoms with Crippen molar-refractivity contribution in [3.63, 3.8) is 0 Å². The van der Waals surface area contributed by atoms with Gasteiger partial charge in [-0.15, -0.1) is 12.4 Å². The van der Waals surface area contributed by atoms with Crippen LogP contribution in [0.15, 0.2) is 30.3 Å². The molecule has 0 aliphatic carbocycles. The lowest BCUT2D eigenvalue weighted by molar-refractivity contribution is -0.148. The third-order valence-electron chi connectivity index (χ3n) is 3.36. The standard InChI is InChI=1S/C13H17NO2.ClH/c1-16-12(15)13(7-9-14-10-8-13)11-5-3-2-4-6-11;/h2-6,14H,7-10H2,1H3;1H. The molecule has 0 unspecified atom stereocenters. The molecule has 1 aliphatic rings. The molecule has 2 rings (SSSR count). The molecule has 0 amide bonds. The Morgan fingerprint density at radius 1 is 1.24 bits per heavy atom. The van der Waals surface area contributed by atoms with Gasteiger partial charge in [-0.1, -0.05) is 30.3 Å². The fraction of sp³-hybridized carbons (Fsp3) is 0.462. The molecule has 17 heavy (non-hydrogen) atoms. The number of carbonyl (C=O) groups excluding carboxylic acids is 1. The van der Waals surface area contributed by atoms with Crippen molar-refractivity contribution in [2.45, 2.75) is 18.3 Å². The van der Waals surface area contributed by atoms with Gasteiger partial charge in [-0.05, 0) is 31.5 Å². The second-order valence-electron chi connectivity index (χ2n) is 4.19. The Morgan fingerprint density at radius 2 is 1.82 bits per heavy atom. The molecule has 4 heteroatoms. The Morgan fingerprint density at radius 3 is 2.35 bits per heavy atom. The molecule has 1 heterocycles. The van der Waals surface area contributed by atoms with Gasteiger partial charge in [0.1, 0.15) is 0 Å². The van der Waals surface area contributed by atoms with E-state index in [4.69, 9.17) is 4.74 Å². The molecule has 94 valence electrons. The predicted molar refractivity (Wildman–Crippen MR) is 69.5 cm³/mol. The van der Waals surface area contributed by atoms with E-state index in [-0.39, 0.29) is 18.4 Å². The van der Waals surface area contributed by atoms with Gasteiger partial charge in [0.05, 0.1) is 12.5 Å². The summed E-state index contributed by atoms with van der Waals surface area (Å²) >= 11 is 0. The van der Waals surface area contributed by atoms with Crippen LogP contribution in [0.25, 0.3) is 0 Å². The molecular formula is C13H18ClNO2. The summed E-state index contributed by atoms with van der Waals surface area (Å²) in [5, 5.41) is 3.28. The first kappa shape index (κ1) is 14.0. The van der Waals surface area contributed by atoms with E-state index in [1.807, 2.05) is 30.3 Å². The smallest absolute Gasteiger partial charge is 0.316 e.